The molecule has 0 aromatic carbocycles. The number of β-amino-alcohol motifs (C(OH)–C–C–N with tert-alkyl or cyclic N) is 1. The first-order valence-electron chi connectivity index (χ1n) is 6.23. The molecule has 0 bridgehead atoms. The molecular formula is C13H20N2O2. The van der Waals surface area contributed by atoms with Gasteiger partial charge in [-0.2, -0.15) is 0 Å². The van der Waals surface area contributed by atoms with E-state index in [1.807, 2.05) is 22.9 Å². The Bertz CT molecular complexity index is 398. The molecule has 0 saturated carbocycles. The fourth-order valence-corrected chi connectivity index (χ4v) is 2.33. The zero-order valence-electron chi connectivity index (χ0n) is 10.5. The molecule has 1 unspecified atom stereocenters. The van der Waals surface area contributed by atoms with Crippen LogP contribution in [0.4, 0.5) is 0 Å². The molecule has 1 N–H and O–H groups in total. The molecule has 4 nitrogen and oxygen atoms in total. The first-order valence-corrected chi connectivity index (χ1v) is 6.23. The minimum Gasteiger partial charge on any atom is -0.391 e. The Hall–Kier alpha value is -1.29. The minimum absolute atomic E-state index is 0.0300. The highest BCUT2D eigenvalue weighted by Gasteiger charge is 2.25. The predicted octanol–water partition coefficient (Wildman–Crippen LogP) is 1.67. The van der Waals surface area contributed by atoms with Gasteiger partial charge in [-0.3, -0.25) is 4.79 Å². The van der Waals surface area contributed by atoms with Gasteiger partial charge in [0.15, 0.2) is 0 Å². The number of hydrogen-bond acceptors (Lipinski definition) is 2. The molecule has 94 valence electrons. The van der Waals surface area contributed by atoms with Crippen molar-refractivity contribution in [2.24, 2.45) is 0 Å². The predicted molar refractivity (Wildman–Crippen MR) is 66.0 cm³/mol. The summed E-state index contributed by atoms with van der Waals surface area (Å²) in [7, 11) is 0. The Morgan fingerprint density at radius 3 is 2.94 bits per heavy atom. The van der Waals surface area contributed by atoms with Crippen molar-refractivity contribution in [3.8, 4) is 0 Å². The lowest BCUT2D eigenvalue weighted by molar-refractivity contribution is 0.0464. The van der Waals surface area contributed by atoms with Crippen molar-refractivity contribution in [2.75, 3.05) is 13.1 Å². The second-order valence-electron chi connectivity index (χ2n) is 4.94. The van der Waals surface area contributed by atoms with Crippen molar-refractivity contribution >= 4 is 5.91 Å². The molecule has 1 aromatic rings. The quantitative estimate of drug-likeness (QED) is 0.849. The zero-order chi connectivity index (χ0) is 12.4. The van der Waals surface area contributed by atoms with Crippen LogP contribution >= 0.6 is 0 Å². The van der Waals surface area contributed by atoms with Gasteiger partial charge in [-0.1, -0.05) is 0 Å². The number of likely N-dealkylation sites (tertiary alicyclic amines) is 1. The van der Waals surface area contributed by atoms with E-state index in [9.17, 15) is 9.90 Å². The second kappa shape index (κ2) is 4.92. The third-order valence-corrected chi connectivity index (χ3v) is 3.24. The first-order chi connectivity index (χ1) is 8.09. The number of hydrogen-bond donors (Lipinski definition) is 1. The first kappa shape index (κ1) is 12.2. The Morgan fingerprint density at radius 2 is 2.29 bits per heavy atom. The van der Waals surface area contributed by atoms with Gasteiger partial charge in [0, 0.05) is 25.3 Å². The van der Waals surface area contributed by atoms with Crippen molar-refractivity contribution in [3.05, 3.63) is 24.0 Å². The van der Waals surface area contributed by atoms with Crippen LogP contribution in [0.5, 0.6) is 0 Å². The van der Waals surface area contributed by atoms with Crippen LogP contribution in [0.1, 0.15) is 43.2 Å². The number of rotatable bonds is 2. The summed E-state index contributed by atoms with van der Waals surface area (Å²) >= 11 is 0. The Balaban J connectivity index is 2.16. The number of aromatic nitrogens is 1. The largest absolute Gasteiger partial charge is 0.391 e. The van der Waals surface area contributed by atoms with E-state index >= 15 is 0 Å². The summed E-state index contributed by atoms with van der Waals surface area (Å²) in [5, 5.41) is 9.60. The highest BCUT2D eigenvalue weighted by molar-refractivity contribution is 5.92. The Labute approximate surface area is 102 Å². The third-order valence-electron chi connectivity index (χ3n) is 3.24. The van der Waals surface area contributed by atoms with Crippen molar-refractivity contribution in [1.29, 1.82) is 0 Å². The average Bonchev–Trinajstić information content (AvgIpc) is 2.77. The van der Waals surface area contributed by atoms with Crippen LogP contribution in [0.3, 0.4) is 0 Å². The minimum atomic E-state index is -0.366. The smallest absolute Gasteiger partial charge is 0.270 e. The normalized spacial score (nSPS) is 20.9. The lowest BCUT2D eigenvalue weighted by Gasteiger charge is -2.30. The van der Waals surface area contributed by atoms with Gasteiger partial charge in [0.25, 0.3) is 5.91 Å². The van der Waals surface area contributed by atoms with Crippen LogP contribution in [0.15, 0.2) is 18.3 Å². The van der Waals surface area contributed by atoms with E-state index in [4.69, 9.17) is 0 Å². The SMILES string of the molecule is CC(C)n1cccc1C(=O)N1CCCC(O)C1. The highest BCUT2D eigenvalue weighted by atomic mass is 16.3. The van der Waals surface area contributed by atoms with Crippen LogP contribution in [-0.4, -0.2) is 39.7 Å². The van der Waals surface area contributed by atoms with Crippen molar-refractivity contribution in [1.82, 2.24) is 9.47 Å². The molecule has 1 amide bonds. The molecule has 4 heteroatoms. The van der Waals surface area contributed by atoms with Gasteiger partial charge in [-0.25, -0.2) is 0 Å². The zero-order valence-corrected chi connectivity index (χ0v) is 10.5. The topological polar surface area (TPSA) is 45.5 Å². The maximum absolute atomic E-state index is 12.3. The standard InChI is InChI=1S/C13H20N2O2/c1-10(2)15-8-4-6-12(15)13(17)14-7-3-5-11(16)9-14/h4,6,8,10-11,16H,3,5,7,9H2,1-2H3. The summed E-state index contributed by atoms with van der Waals surface area (Å²) in [5.41, 5.74) is 0.717. The maximum atomic E-state index is 12.3. The van der Waals surface area contributed by atoms with Gasteiger partial charge < -0.3 is 14.6 Å². The van der Waals surface area contributed by atoms with Gasteiger partial charge in [0.05, 0.1) is 6.10 Å². The summed E-state index contributed by atoms with van der Waals surface area (Å²) in [4.78, 5) is 14.1. The summed E-state index contributed by atoms with van der Waals surface area (Å²) in [6.07, 6.45) is 3.25. The molecule has 1 fully saturated rings. The molecule has 2 heterocycles. The lowest BCUT2D eigenvalue weighted by Crippen LogP contribution is -2.42. The Kier molecular flexibility index (Phi) is 3.52. The van der Waals surface area contributed by atoms with Crippen LogP contribution in [0.2, 0.25) is 0 Å². The van der Waals surface area contributed by atoms with E-state index in [1.54, 1.807) is 4.90 Å². The molecule has 0 radical (unpaired) electrons. The van der Waals surface area contributed by atoms with E-state index in [2.05, 4.69) is 13.8 Å². The van der Waals surface area contributed by atoms with E-state index in [-0.39, 0.29) is 18.1 Å². The number of piperidine rings is 1. The molecule has 0 aliphatic carbocycles. The monoisotopic (exact) mass is 236 g/mol. The molecule has 2 rings (SSSR count). The van der Waals surface area contributed by atoms with Crippen LogP contribution in [0, 0.1) is 0 Å². The number of carbonyl (C=O) groups is 1. The van der Waals surface area contributed by atoms with E-state index < -0.39 is 0 Å². The molecule has 0 spiro atoms. The Morgan fingerprint density at radius 1 is 1.53 bits per heavy atom. The summed E-state index contributed by atoms with van der Waals surface area (Å²) in [6, 6.07) is 4.02. The van der Waals surface area contributed by atoms with Gasteiger partial charge in [0.2, 0.25) is 0 Å². The van der Waals surface area contributed by atoms with Gasteiger partial charge in [-0.15, -0.1) is 0 Å². The summed E-state index contributed by atoms with van der Waals surface area (Å²) in [6.45, 7) is 5.32. The van der Waals surface area contributed by atoms with Crippen molar-refractivity contribution in [2.45, 2.75) is 38.8 Å². The fourth-order valence-electron chi connectivity index (χ4n) is 2.33. The molecule has 1 saturated heterocycles. The molecule has 1 aromatic heterocycles. The van der Waals surface area contributed by atoms with Crippen LogP contribution < -0.4 is 0 Å². The number of amides is 1. The summed E-state index contributed by atoms with van der Waals surface area (Å²) in [5.74, 6) is 0.0300. The molecule has 1 aliphatic heterocycles. The number of aliphatic hydroxyl groups excluding tert-OH is 1. The summed E-state index contributed by atoms with van der Waals surface area (Å²) < 4.78 is 1.98. The van der Waals surface area contributed by atoms with Crippen LogP contribution in [-0.2, 0) is 0 Å². The van der Waals surface area contributed by atoms with E-state index in [0.29, 0.717) is 12.2 Å². The molecule has 17 heavy (non-hydrogen) atoms. The molecule has 1 atom stereocenters. The molecule has 1 aliphatic rings. The van der Waals surface area contributed by atoms with Gasteiger partial charge in [0.1, 0.15) is 5.69 Å². The van der Waals surface area contributed by atoms with Crippen molar-refractivity contribution in [3.63, 3.8) is 0 Å². The van der Waals surface area contributed by atoms with E-state index in [1.165, 1.54) is 0 Å². The number of carbonyl (C=O) groups excluding carboxylic acids is 1. The fraction of sp³-hybridized carbons (Fsp3) is 0.615. The van der Waals surface area contributed by atoms with Gasteiger partial charge >= 0.3 is 0 Å². The molecular weight excluding hydrogens is 216 g/mol. The maximum Gasteiger partial charge on any atom is 0.270 e. The van der Waals surface area contributed by atoms with Crippen molar-refractivity contribution < 1.29 is 9.90 Å². The number of aliphatic hydroxyl groups is 1. The third kappa shape index (κ3) is 2.52. The van der Waals surface area contributed by atoms with Crippen LogP contribution in [0.25, 0.3) is 0 Å². The average molecular weight is 236 g/mol. The number of nitrogens with zero attached hydrogens (tertiary/aromatic N) is 2. The van der Waals surface area contributed by atoms with Gasteiger partial charge in [-0.05, 0) is 38.8 Å². The lowest BCUT2D eigenvalue weighted by atomic mass is 10.1. The van der Waals surface area contributed by atoms with E-state index in [0.717, 1.165) is 19.4 Å². The highest BCUT2D eigenvalue weighted by Crippen LogP contribution is 2.17. The second-order valence-corrected chi connectivity index (χ2v) is 4.94.